The first kappa shape index (κ1) is 9.45. The predicted molar refractivity (Wildman–Crippen MR) is 67.1 cm³/mol. The van der Waals surface area contributed by atoms with E-state index in [1.54, 1.807) is 0 Å². The van der Waals surface area contributed by atoms with E-state index in [1.807, 2.05) is 6.92 Å². The third kappa shape index (κ3) is 1.36. The molecule has 2 aromatic heterocycles. The molecule has 17 heavy (non-hydrogen) atoms. The van der Waals surface area contributed by atoms with Gasteiger partial charge in [-0.15, -0.1) is 0 Å². The number of nitrogens with one attached hydrogen (secondary N) is 1. The summed E-state index contributed by atoms with van der Waals surface area (Å²) in [4.78, 5) is 4.52. The lowest BCUT2D eigenvalue weighted by Gasteiger charge is -2.25. The first-order valence-electron chi connectivity index (χ1n) is 6.42. The van der Waals surface area contributed by atoms with Gasteiger partial charge in [0.25, 0.3) is 0 Å². The molecular formula is C13H16N4. The van der Waals surface area contributed by atoms with Gasteiger partial charge in [0, 0.05) is 12.2 Å². The van der Waals surface area contributed by atoms with E-state index < -0.39 is 0 Å². The Kier molecular flexibility index (Phi) is 1.79. The summed E-state index contributed by atoms with van der Waals surface area (Å²) in [5.74, 6) is 2.03. The second-order valence-electron chi connectivity index (χ2n) is 5.24. The van der Waals surface area contributed by atoms with Gasteiger partial charge in [-0.25, -0.2) is 9.67 Å². The SMILES string of the molecule is Cc1ccc2c3n(nc2n1)C(C1CC1)CCN3. The van der Waals surface area contributed by atoms with E-state index >= 15 is 0 Å². The van der Waals surface area contributed by atoms with Crippen LogP contribution in [0.15, 0.2) is 12.1 Å². The average Bonchev–Trinajstić information content (AvgIpc) is 3.09. The lowest BCUT2D eigenvalue weighted by molar-refractivity contribution is 0.378. The predicted octanol–water partition coefficient (Wildman–Crippen LogP) is 2.51. The van der Waals surface area contributed by atoms with Gasteiger partial charge in [0.15, 0.2) is 5.65 Å². The monoisotopic (exact) mass is 228 g/mol. The van der Waals surface area contributed by atoms with Crippen molar-refractivity contribution in [3.63, 3.8) is 0 Å². The van der Waals surface area contributed by atoms with Gasteiger partial charge in [0.1, 0.15) is 5.82 Å². The normalized spacial score (nSPS) is 23.5. The number of rotatable bonds is 1. The van der Waals surface area contributed by atoms with Gasteiger partial charge < -0.3 is 5.32 Å². The van der Waals surface area contributed by atoms with E-state index in [1.165, 1.54) is 30.5 Å². The zero-order chi connectivity index (χ0) is 11.4. The average molecular weight is 228 g/mol. The van der Waals surface area contributed by atoms with Crippen molar-refractivity contribution >= 4 is 16.9 Å². The summed E-state index contributed by atoms with van der Waals surface area (Å²) < 4.78 is 2.19. The van der Waals surface area contributed by atoms with Crippen LogP contribution in [-0.2, 0) is 0 Å². The summed E-state index contributed by atoms with van der Waals surface area (Å²) in [5.41, 5.74) is 1.93. The fourth-order valence-corrected chi connectivity index (χ4v) is 2.87. The Bertz CT molecular complexity index is 582. The van der Waals surface area contributed by atoms with E-state index in [0.29, 0.717) is 6.04 Å². The summed E-state index contributed by atoms with van der Waals surface area (Å²) >= 11 is 0. The molecule has 0 aromatic carbocycles. The molecule has 0 spiro atoms. The van der Waals surface area contributed by atoms with E-state index in [0.717, 1.165) is 23.8 Å². The van der Waals surface area contributed by atoms with Crippen LogP contribution in [0.3, 0.4) is 0 Å². The van der Waals surface area contributed by atoms with Gasteiger partial charge in [-0.2, -0.15) is 5.10 Å². The van der Waals surface area contributed by atoms with Crippen LogP contribution in [0.25, 0.3) is 11.0 Å². The quantitative estimate of drug-likeness (QED) is 0.815. The Balaban J connectivity index is 1.93. The highest BCUT2D eigenvalue weighted by Crippen LogP contribution is 2.45. The minimum atomic E-state index is 0.598. The summed E-state index contributed by atoms with van der Waals surface area (Å²) in [5, 5.41) is 9.35. The summed E-state index contributed by atoms with van der Waals surface area (Å²) in [6.07, 6.45) is 3.93. The number of hydrogen-bond acceptors (Lipinski definition) is 3. The fraction of sp³-hybridized carbons (Fsp3) is 0.538. The van der Waals surface area contributed by atoms with Crippen molar-refractivity contribution in [3.05, 3.63) is 17.8 Å². The van der Waals surface area contributed by atoms with Crippen molar-refractivity contribution in [1.82, 2.24) is 14.8 Å². The molecule has 4 rings (SSSR count). The van der Waals surface area contributed by atoms with Gasteiger partial charge in [0.05, 0.1) is 11.4 Å². The number of aromatic nitrogens is 3. The Morgan fingerprint density at radius 2 is 2.18 bits per heavy atom. The summed E-state index contributed by atoms with van der Waals surface area (Å²) in [7, 11) is 0. The molecule has 4 nitrogen and oxygen atoms in total. The van der Waals surface area contributed by atoms with Gasteiger partial charge in [0.2, 0.25) is 0 Å². The first-order chi connectivity index (χ1) is 8.33. The highest BCUT2D eigenvalue weighted by molar-refractivity contribution is 5.87. The van der Waals surface area contributed by atoms with Gasteiger partial charge in [-0.1, -0.05) is 0 Å². The van der Waals surface area contributed by atoms with Crippen LogP contribution in [0.5, 0.6) is 0 Å². The Morgan fingerprint density at radius 1 is 1.29 bits per heavy atom. The summed E-state index contributed by atoms with van der Waals surface area (Å²) in [6, 6.07) is 4.80. The molecule has 1 unspecified atom stereocenters. The van der Waals surface area contributed by atoms with Crippen molar-refractivity contribution in [2.24, 2.45) is 5.92 Å². The molecule has 2 aliphatic rings. The number of aryl methyl sites for hydroxylation is 1. The van der Waals surface area contributed by atoms with E-state index in [9.17, 15) is 0 Å². The fourth-order valence-electron chi connectivity index (χ4n) is 2.87. The molecular weight excluding hydrogens is 212 g/mol. The number of anilines is 1. The molecule has 1 saturated carbocycles. The molecule has 1 aliphatic carbocycles. The second-order valence-corrected chi connectivity index (χ2v) is 5.24. The highest BCUT2D eigenvalue weighted by atomic mass is 15.4. The molecule has 2 aromatic rings. The smallest absolute Gasteiger partial charge is 0.183 e. The van der Waals surface area contributed by atoms with Crippen LogP contribution >= 0.6 is 0 Å². The van der Waals surface area contributed by atoms with Gasteiger partial charge in [-0.3, -0.25) is 0 Å². The second kappa shape index (κ2) is 3.22. The van der Waals surface area contributed by atoms with Crippen LogP contribution in [0.4, 0.5) is 5.82 Å². The van der Waals surface area contributed by atoms with Crippen LogP contribution in [0, 0.1) is 12.8 Å². The Hall–Kier alpha value is -1.58. The molecule has 1 atom stereocenters. The lowest BCUT2D eigenvalue weighted by Crippen LogP contribution is -2.24. The number of nitrogens with zero attached hydrogens (tertiary/aromatic N) is 3. The van der Waals surface area contributed by atoms with Crippen LogP contribution in [0.2, 0.25) is 0 Å². The van der Waals surface area contributed by atoms with Gasteiger partial charge in [-0.05, 0) is 44.2 Å². The molecule has 0 radical (unpaired) electrons. The van der Waals surface area contributed by atoms with Crippen molar-refractivity contribution in [1.29, 1.82) is 0 Å². The van der Waals surface area contributed by atoms with Crippen LogP contribution < -0.4 is 5.32 Å². The van der Waals surface area contributed by atoms with Crippen molar-refractivity contribution < 1.29 is 0 Å². The summed E-state index contributed by atoms with van der Waals surface area (Å²) in [6.45, 7) is 3.08. The third-order valence-corrected chi connectivity index (χ3v) is 3.91. The zero-order valence-electron chi connectivity index (χ0n) is 9.98. The molecule has 4 heteroatoms. The molecule has 1 N–H and O–H groups in total. The van der Waals surface area contributed by atoms with Gasteiger partial charge >= 0.3 is 0 Å². The maximum absolute atomic E-state index is 4.70. The Labute approximate surface area is 100 Å². The minimum Gasteiger partial charge on any atom is -0.370 e. The van der Waals surface area contributed by atoms with E-state index in [2.05, 4.69) is 27.1 Å². The van der Waals surface area contributed by atoms with Crippen molar-refractivity contribution in [2.45, 2.75) is 32.2 Å². The van der Waals surface area contributed by atoms with E-state index in [-0.39, 0.29) is 0 Å². The molecule has 0 amide bonds. The standard InChI is InChI=1S/C13H16N4/c1-8-2-5-10-12(15-8)16-17-11(9-3-4-9)6-7-14-13(10)17/h2,5,9,11,14H,3-4,6-7H2,1H3. The van der Waals surface area contributed by atoms with E-state index in [4.69, 9.17) is 5.10 Å². The topological polar surface area (TPSA) is 42.7 Å². The third-order valence-electron chi connectivity index (χ3n) is 3.91. The number of pyridine rings is 1. The first-order valence-corrected chi connectivity index (χ1v) is 6.42. The molecule has 3 heterocycles. The molecule has 0 saturated heterocycles. The molecule has 0 bridgehead atoms. The zero-order valence-corrected chi connectivity index (χ0v) is 9.98. The maximum atomic E-state index is 4.70. The van der Waals surface area contributed by atoms with Crippen LogP contribution in [-0.4, -0.2) is 21.3 Å². The van der Waals surface area contributed by atoms with Crippen molar-refractivity contribution in [3.8, 4) is 0 Å². The lowest BCUT2D eigenvalue weighted by atomic mass is 10.1. The number of hydrogen-bond donors (Lipinski definition) is 1. The maximum Gasteiger partial charge on any atom is 0.183 e. The van der Waals surface area contributed by atoms with Crippen LogP contribution in [0.1, 0.15) is 31.0 Å². The molecule has 88 valence electrons. The largest absolute Gasteiger partial charge is 0.370 e. The molecule has 1 fully saturated rings. The minimum absolute atomic E-state index is 0.598. The highest BCUT2D eigenvalue weighted by Gasteiger charge is 2.36. The Morgan fingerprint density at radius 3 is 3.00 bits per heavy atom. The molecule has 1 aliphatic heterocycles. The van der Waals surface area contributed by atoms with Crippen molar-refractivity contribution in [2.75, 3.05) is 11.9 Å². The number of fused-ring (bicyclic) bond motifs is 3.